The summed E-state index contributed by atoms with van der Waals surface area (Å²) in [5, 5.41) is 9.49. The predicted octanol–water partition coefficient (Wildman–Crippen LogP) is 0.895. The maximum Gasteiger partial charge on any atom is 0.305 e. The van der Waals surface area contributed by atoms with Gasteiger partial charge in [-0.2, -0.15) is 4.31 Å². The van der Waals surface area contributed by atoms with Crippen LogP contribution in [0.1, 0.15) is 45.4 Å². The molecular weight excluding hydrogens is 282 g/mol. The molecule has 0 aromatic heterocycles. The molecule has 0 amide bonds. The van der Waals surface area contributed by atoms with E-state index in [1.807, 2.05) is 0 Å². The molecule has 0 spiro atoms. The number of carbonyl (C=O) groups is 1. The monoisotopic (exact) mass is 307 g/mol. The van der Waals surface area contributed by atoms with Crippen LogP contribution in [0, 0.1) is 0 Å². The summed E-state index contributed by atoms with van der Waals surface area (Å²) < 4.78 is 30.7. The third kappa shape index (κ3) is 5.38. The number of esters is 1. The summed E-state index contributed by atoms with van der Waals surface area (Å²) in [4.78, 5) is 11.0. The van der Waals surface area contributed by atoms with Gasteiger partial charge in [0.25, 0.3) is 0 Å². The van der Waals surface area contributed by atoms with Gasteiger partial charge < -0.3 is 9.84 Å². The summed E-state index contributed by atoms with van der Waals surface area (Å²) in [5.74, 6) is -0.433. The maximum absolute atomic E-state index is 12.3. The lowest BCUT2D eigenvalue weighted by atomic mass is 10.00. The second kappa shape index (κ2) is 7.95. The van der Waals surface area contributed by atoms with Gasteiger partial charge in [-0.3, -0.25) is 4.79 Å². The number of piperidine rings is 1. The molecule has 1 heterocycles. The van der Waals surface area contributed by atoms with Gasteiger partial charge in [0.2, 0.25) is 10.0 Å². The number of methoxy groups -OCH3 is 1. The van der Waals surface area contributed by atoms with Crippen LogP contribution in [0.25, 0.3) is 0 Å². The van der Waals surface area contributed by atoms with E-state index in [-0.39, 0.29) is 30.6 Å². The van der Waals surface area contributed by atoms with E-state index in [1.54, 1.807) is 6.92 Å². The quantitative estimate of drug-likeness (QED) is 0.706. The molecule has 1 aliphatic heterocycles. The van der Waals surface area contributed by atoms with Crippen molar-refractivity contribution in [3.63, 3.8) is 0 Å². The number of hydrogen-bond acceptors (Lipinski definition) is 5. The standard InChI is InChI=1S/C13H25NO5S/c1-11(15)10-12-6-3-4-8-14(12)20(17,18)9-5-7-13(16)19-2/h11-12,15H,3-10H2,1-2H3. The molecule has 1 aliphatic rings. The Labute approximate surface area is 121 Å². The Kier molecular flexibility index (Phi) is 6.91. The smallest absolute Gasteiger partial charge is 0.305 e. The van der Waals surface area contributed by atoms with Crippen LogP contribution in [-0.2, 0) is 19.6 Å². The van der Waals surface area contributed by atoms with Crippen molar-refractivity contribution in [2.24, 2.45) is 0 Å². The van der Waals surface area contributed by atoms with Crippen molar-refractivity contribution in [3.8, 4) is 0 Å². The number of hydrogen-bond donors (Lipinski definition) is 1. The van der Waals surface area contributed by atoms with Gasteiger partial charge in [-0.1, -0.05) is 6.42 Å². The fraction of sp³-hybridized carbons (Fsp3) is 0.923. The lowest BCUT2D eigenvalue weighted by molar-refractivity contribution is -0.140. The molecule has 0 aliphatic carbocycles. The third-order valence-corrected chi connectivity index (χ3v) is 5.55. The average Bonchev–Trinajstić information content (AvgIpc) is 2.38. The topological polar surface area (TPSA) is 83.9 Å². The van der Waals surface area contributed by atoms with Crippen LogP contribution in [0.15, 0.2) is 0 Å². The van der Waals surface area contributed by atoms with Crippen LogP contribution in [0.4, 0.5) is 0 Å². The number of ether oxygens (including phenoxy) is 1. The van der Waals surface area contributed by atoms with Crippen LogP contribution in [0.3, 0.4) is 0 Å². The van der Waals surface area contributed by atoms with Crippen LogP contribution < -0.4 is 0 Å². The molecule has 118 valence electrons. The maximum atomic E-state index is 12.3. The van der Waals surface area contributed by atoms with Crippen LogP contribution >= 0.6 is 0 Å². The molecule has 0 aromatic carbocycles. The van der Waals surface area contributed by atoms with Gasteiger partial charge in [-0.25, -0.2) is 8.42 Å². The molecule has 1 rings (SSSR count). The predicted molar refractivity (Wildman–Crippen MR) is 75.7 cm³/mol. The number of sulfonamides is 1. The van der Waals surface area contributed by atoms with Gasteiger partial charge in [0, 0.05) is 19.0 Å². The van der Waals surface area contributed by atoms with E-state index >= 15 is 0 Å². The first-order valence-corrected chi connectivity index (χ1v) is 8.72. The normalized spacial score (nSPS) is 22.4. The molecule has 6 nitrogen and oxygen atoms in total. The molecule has 7 heteroatoms. The first-order chi connectivity index (χ1) is 9.36. The lowest BCUT2D eigenvalue weighted by Gasteiger charge is -2.35. The second-order valence-corrected chi connectivity index (χ2v) is 7.38. The van der Waals surface area contributed by atoms with Gasteiger partial charge in [-0.15, -0.1) is 0 Å². The van der Waals surface area contributed by atoms with Gasteiger partial charge in [-0.05, 0) is 32.6 Å². The van der Waals surface area contributed by atoms with E-state index in [0.717, 1.165) is 19.3 Å². The number of nitrogens with zero attached hydrogens (tertiary/aromatic N) is 1. The molecule has 0 bridgehead atoms. The van der Waals surface area contributed by atoms with Crippen molar-refractivity contribution < 1.29 is 23.1 Å². The molecule has 2 atom stereocenters. The van der Waals surface area contributed by atoms with E-state index in [1.165, 1.54) is 11.4 Å². The zero-order valence-corrected chi connectivity index (χ0v) is 13.1. The van der Waals surface area contributed by atoms with Crippen molar-refractivity contribution in [2.45, 2.75) is 57.6 Å². The van der Waals surface area contributed by atoms with E-state index < -0.39 is 16.1 Å². The summed E-state index contributed by atoms with van der Waals surface area (Å²) in [6, 6.07) is -0.119. The fourth-order valence-corrected chi connectivity index (χ4v) is 4.38. The molecule has 0 radical (unpaired) electrons. The zero-order valence-electron chi connectivity index (χ0n) is 12.2. The lowest BCUT2D eigenvalue weighted by Crippen LogP contribution is -2.45. The molecule has 1 fully saturated rings. The summed E-state index contributed by atoms with van der Waals surface area (Å²) in [7, 11) is -2.08. The van der Waals surface area contributed by atoms with Crippen molar-refractivity contribution in [2.75, 3.05) is 19.4 Å². The van der Waals surface area contributed by atoms with E-state index in [0.29, 0.717) is 13.0 Å². The molecule has 0 saturated carbocycles. The summed E-state index contributed by atoms with van der Waals surface area (Å²) in [6.07, 6.45) is 2.98. The Balaban J connectivity index is 2.60. The molecule has 2 unspecified atom stereocenters. The highest BCUT2D eigenvalue weighted by Gasteiger charge is 2.32. The molecule has 1 saturated heterocycles. The zero-order chi connectivity index (χ0) is 15.2. The molecule has 1 N–H and O–H groups in total. The highest BCUT2D eigenvalue weighted by molar-refractivity contribution is 7.89. The van der Waals surface area contributed by atoms with Crippen molar-refractivity contribution in [1.82, 2.24) is 4.31 Å². The van der Waals surface area contributed by atoms with E-state index in [2.05, 4.69) is 4.74 Å². The minimum atomic E-state index is -3.37. The third-order valence-electron chi connectivity index (χ3n) is 3.55. The fourth-order valence-electron chi connectivity index (χ4n) is 2.59. The molecule has 20 heavy (non-hydrogen) atoms. The minimum Gasteiger partial charge on any atom is -0.469 e. The number of rotatable bonds is 7. The van der Waals surface area contributed by atoms with E-state index in [4.69, 9.17) is 0 Å². The molecule has 0 aromatic rings. The first-order valence-electron chi connectivity index (χ1n) is 7.11. The Morgan fingerprint density at radius 2 is 2.15 bits per heavy atom. The first kappa shape index (κ1) is 17.4. The Morgan fingerprint density at radius 3 is 2.75 bits per heavy atom. The number of carbonyl (C=O) groups excluding carboxylic acids is 1. The molecular formula is C13H25NO5S. The van der Waals surface area contributed by atoms with E-state index in [9.17, 15) is 18.3 Å². The SMILES string of the molecule is COC(=O)CCCS(=O)(=O)N1CCCCC1CC(C)O. The second-order valence-electron chi connectivity index (χ2n) is 5.34. The van der Waals surface area contributed by atoms with Crippen LogP contribution in [0.5, 0.6) is 0 Å². The van der Waals surface area contributed by atoms with Gasteiger partial charge in [0.05, 0.1) is 19.0 Å². The minimum absolute atomic E-state index is 0.0432. The van der Waals surface area contributed by atoms with Gasteiger partial charge >= 0.3 is 5.97 Å². The van der Waals surface area contributed by atoms with Gasteiger partial charge in [0.15, 0.2) is 0 Å². The van der Waals surface area contributed by atoms with Crippen molar-refractivity contribution >= 4 is 16.0 Å². The van der Waals surface area contributed by atoms with Crippen LogP contribution in [0.2, 0.25) is 0 Å². The highest BCUT2D eigenvalue weighted by Crippen LogP contribution is 2.24. The Bertz CT molecular complexity index is 407. The Hall–Kier alpha value is -0.660. The largest absolute Gasteiger partial charge is 0.469 e. The summed E-state index contributed by atoms with van der Waals surface area (Å²) in [5.41, 5.74) is 0. The number of aliphatic hydroxyl groups excluding tert-OH is 1. The Morgan fingerprint density at radius 1 is 1.45 bits per heavy atom. The highest BCUT2D eigenvalue weighted by atomic mass is 32.2. The summed E-state index contributed by atoms with van der Waals surface area (Å²) >= 11 is 0. The van der Waals surface area contributed by atoms with Gasteiger partial charge in [0.1, 0.15) is 0 Å². The average molecular weight is 307 g/mol. The van der Waals surface area contributed by atoms with Crippen molar-refractivity contribution in [3.05, 3.63) is 0 Å². The van der Waals surface area contributed by atoms with Crippen molar-refractivity contribution in [1.29, 1.82) is 0 Å². The number of aliphatic hydroxyl groups is 1. The summed E-state index contributed by atoms with van der Waals surface area (Å²) in [6.45, 7) is 2.19. The van der Waals surface area contributed by atoms with Crippen LogP contribution in [-0.4, -0.2) is 55.4 Å².